The summed E-state index contributed by atoms with van der Waals surface area (Å²) in [4.78, 5) is 4.42. The smallest absolute Gasteiger partial charge is 0.155 e. The summed E-state index contributed by atoms with van der Waals surface area (Å²) in [6.45, 7) is 7.03. The molecule has 2 aromatic heterocycles. The normalized spacial score (nSPS) is 12.7. The number of nitrogens with zero attached hydrogens (tertiary/aromatic N) is 3. The largest absolute Gasteiger partial charge is 0.306 e. The third kappa shape index (κ3) is 3.11. The molecule has 1 N–H and O–H groups in total. The van der Waals surface area contributed by atoms with E-state index in [1.165, 1.54) is 11.1 Å². The van der Waals surface area contributed by atoms with Crippen LogP contribution in [0.25, 0.3) is 5.65 Å². The molecule has 0 radical (unpaired) electrons. The fourth-order valence-electron chi connectivity index (χ4n) is 2.37. The molecule has 4 nitrogen and oxygen atoms in total. The van der Waals surface area contributed by atoms with E-state index in [1.807, 2.05) is 29.9 Å². The molecule has 0 aliphatic heterocycles. The quantitative estimate of drug-likeness (QED) is 0.798. The molecule has 21 heavy (non-hydrogen) atoms. The van der Waals surface area contributed by atoms with Crippen molar-refractivity contribution in [3.8, 4) is 0 Å². The van der Waals surface area contributed by atoms with Crippen LogP contribution < -0.4 is 5.32 Å². The van der Waals surface area contributed by atoms with Crippen molar-refractivity contribution < 1.29 is 0 Å². The Balaban J connectivity index is 1.69. The van der Waals surface area contributed by atoms with Crippen LogP contribution in [0.3, 0.4) is 0 Å². The zero-order valence-electron chi connectivity index (χ0n) is 12.7. The monoisotopic (exact) mass is 280 g/mol. The first-order valence-corrected chi connectivity index (χ1v) is 7.23. The van der Waals surface area contributed by atoms with Crippen molar-refractivity contribution in [2.45, 2.75) is 33.4 Å². The summed E-state index contributed by atoms with van der Waals surface area (Å²) in [5, 5.41) is 7.92. The average molecular weight is 280 g/mol. The topological polar surface area (TPSA) is 42.2 Å². The highest BCUT2D eigenvalue weighted by molar-refractivity contribution is 5.38. The van der Waals surface area contributed by atoms with Crippen LogP contribution in [0.1, 0.15) is 35.3 Å². The minimum Gasteiger partial charge on any atom is -0.306 e. The van der Waals surface area contributed by atoms with Gasteiger partial charge in [0.15, 0.2) is 5.65 Å². The van der Waals surface area contributed by atoms with Gasteiger partial charge >= 0.3 is 0 Å². The molecule has 1 aromatic carbocycles. The molecule has 0 fully saturated rings. The maximum absolute atomic E-state index is 4.42. The van der Waals surface area contributed by atoms with E-state index in [1.54, 1.807) is 0 Å². The molecule has 0 saturated heterocycles. The Bertz CT molecular complexity index is 743. The van der Waals surface area contributed by atoms with Gasteiger partial charge in [0.25, 0.3) is 0 Å². The first-order chi connectivity index (χ1) is 10.1. The molecular weight excluding hydrogens is 260 g/mol. The van der Waals surface area contributed by atoms with E-state index in [2.05, 4.69) is 53.5 Å². The van der Waals surface area contributed by atoms with Crippen LogP contribution >= 0.6 is 0 Å². The van der Waals surface area contributed by atoms with Crippen molar-refractivity contribution in [2.75, 3.05) is 0 Å². The minimum atomic E-state index is 0.306. The third-order valence-corrected chi connectivity index (χ3v) is 3.68. The van der Waals surface area contributed by atoms with Crippen LogP contribution in [0.15, 0.2) is 42.7 Å². The van der Waals surface area contributed by atoms with Gasteiger partial charge in [-0.05, 0) is 26.3 Å². The van der Waals surface area contributed by atoms with Crippen molar-refractivity contribution in [2.24, 2.45) is 0 Å². The minimum absolute atomic E-state index is 0.306. The summed E-state index contributed by atoms with van der Waals surface area (Å²) < 4.78 is 1.84. The van der Waals surface area contributed by atoms with Crippen molar-refractivity contribution in [1.29, 1.82) is 0 Å². The number of aryl methyl sites for hydroxylation is 2. The van der Waals surface area contributed by atoms with E-state index < -0.39 is 0 Å². The molecule has 0 amide bonds. The fraction of sp³-hybridized carbons (Fsp3) is 0.294. The lowest BCUT2D eigenvalue weighted by atomic mass is 10.1. The maximum Gasteiger partial charge on any atom is 0.155 e. The molecule has 3 rings (SSSR count). The second-order valence-electron chi connectivity index (χ2n) is 5.56. The molecule has 0 spiro atoms. The lowest BCUT2D eigenvalue weighted by molar-refractivity contribution is 0.572. The molecule has 0 aliphatic rings. The molecule has 108 valence electrons. The predicted molar refractivity (Wildman–Crippen MR) is 84.2 cm³/mol. The summed E-state index contributed by atoms with van der Waals surface area (Å²) in [5.74, 6) is 0. The first-order valence-electron chi connectivity index (χ1n) is 7.23. The van der Waals surface area contributed by atoms with E-state index >= 15 is 0 Å². The highest BCUT2D eigenvalue weighted by Gasteiger charge is 2.06. The Morgan fingerprint density at radius 1 is 1.19 bits per heavy atom. The van der Waals surface area contributed by atoms with Crippen LogP contribution in [-0.2, 0) is 6.54 Å². The predicted octanol–water partition coefficient (Wildman–Crippen LogP) is 3.20. The van der Waals surface area contributed by atoms with E-state index in [0.717, 1.165) is 23.4 Å². The van der Waals surface area contributed by atoms with Gasteiger partial charge < -0.3 is 5.32 Å². The van der Waals surface area contributed by atoms with E-state index in [0.29, 0.717) is 6.04 Å². The van der Waals surface area contributed by atoms with Crippen LogP contribution in [0.5, 0.6) is 0 Å². The van der Waals surface area contributed by atoms with Gasteiger partial charge in [-0.1, -0.05) is 29.8 Å². The molecule has 2 heterocycles. The Hall–Kier alpha value is -2.20. The number of hydrogen-bond donors (Lipinski definition) is 1. The number of aromatic nitrogens is 3. The summed E-state index contributed by atoms with van der Waals surface area (Å²) in [7, 11) is 0. The molecule has 1 atom stereocenters. The van der Waals surface area contributed by atoms with Crippen molar-refractivity contribution in [3.05, 3.63) is 65.1 Å². The molecule has 0 bridgehead atoms. The van der Waals surface area contributed by atoms with Gasteiger partial charge in [-0.3, -0.25) is 0 Å². The number of hydrogen-bond acceptors (Lipinski definition) is 3. The molecule has 0 saturated carbocycles. The lowest BCUT2D eigenvalue weighted by Gasteiger charge is -2.14. The van der Waals surface area contributed by atoms with Gasteiger partial charge in [0, 0.05) is 36.6 Å². The molecular formula is C17H20N4. The second-order valence-corrected chi connectivity index (χ2v) is 5.56. The van der Waals surface area contributed by atoms with Crippen molar-refractivity contribution in [1.82, 2.24) is 19.9 Å². The first kappa shape index (κ1) is 13.8. The molecule has 1 unspecified atom stereocenters. The fourth-order valence-corrected chi connectivity index (χ4v) is 2.37. The van der Waals surface area contributed by atoms with Gasteiger partial charge in [-0.25, -0.2) is 9.50 Å². The summed E-state index contributed by atoms with van der Waals surface area (Å²) in [6.07, 6.45) is 3.94. The molecule has 4 heteroatoms. The Morgan fingerprint density at radius 2 is 1.95 bits per heavy atom. The number of nitrogens with one attached hydrogen (secondary N) is 1. The van der Waals surface area contributed by atoms with E-state index in [4.69, 9.17) is 0 Å². The van der Waals surface area contributed by atoms with Gasteiger partial charge in [0.05, 0.1) is 5.69 Å². The van der Waals surface area contributed by atoms with Crippen molar-refractivity contribution >= 4 is 5.65 Å². The van der Waals surface area contributed by atoms with Crippen LogP contribution in [0, 0.1) is 13.8 Å². The van der Waals surface area contributed by atoms with Gasteiger partial charge in [0.1, 0.15) is 0 Å². The zero-order chi connectivity index (χ0) is 14.8. The van der Waals surface area contributed by atoms with Crippen molar-refractivity contribution in [3.63, 3.8) is 0 Å². The summed E-state index contributed by atoms with van der Waals surface area (Å²) >= 11 is 0. The number of rotatable bonds is 4. The standard InChI is InChI=1S/C17H20N4/c1-12-4-6-16(7-5-12)14(3)18-9-15-10-19-17-8-13(2)20-21(17)11-15/h4-8,10-11,14,18H,9H2,1-3H3. The lowest BCUT2D eigenvalue weighted by Crippen LogP contribution is -2.18. The second kappa shape index (κ2) is 5.66. The Morgan fingerprint density at radius 3 is 2.71 bits per heavy atom. The maximum atomic E-state index is 4.42. The highest BCUT2D eigenvalue weighted by atomic mass is 15.2. The number of benzene rings is 1. The van der Waals surface area contributed by atoms with Gasteiger partial charge in [-0.15, -0.1) is 0 Å². The highest BCUT2D eigenvalue weighted by Crippen LogP contribution is 2.14. The zero-order valence-corrected chi connectivity index (χ0v) is 12.7. The summed E-state index contributed by atoms with van der Waals surface area (Å²) in [5.41, 5.74) is 5.59. The Labute approximate surface area is 124 Å². The SMILES string of the molecule is Cc1ccc(C(C)NCc2cnc3cc(C)nn3c2)cc1. The average Bonchev–Trinajstić information content (AvgIpc) is 2.84. The van der Waals surface area contributed by atoms with Crippen LogP contribution in [0.4, 0.5) is 0 Å². The van der Waals surface area contributed by atoms with Gasteiger partial charge in [0.2, 0.25) is 0 Å². The summed E-state index contributed by atoms with van der Waals surface area (Å²) in [6, 6.07) is 10.9. The van der Waals surface area contributed by atoms with Crippen LogP contribution in [0.2, 0.25) is 0 Å². The third-order valence-electron chi connectivity index (χ3n) is 3.68. The van der Waals surface area contributed by atoms with E-state index in [-0.39, 0.29) is 0 Å². The van der Waals surface area contributed by atoms with Gasteiger partial charge in [-0.2, -0.15) is 5.10 Å². The molecule has 0 aliphatic carbocycles. The number of fused-ring (bicyclic) bond motifs is 1. The van der Waals surface area contributed by atoms with E-state index in [9.17, 15) is 0 Å². The molecule has 3 aromatic rings. The Kier molecular flexibility index (Phi) is 3.71. The van der Waals surface area contributed by atoms with Crippen LogP contribution in [-0.4, -0.2) is 14.6 Å².